The standard InChI is InChI=1S/C20H23N3O3/c1-26-17-6-4-5-15(13-17)18-9-8-16(14-22-18)20(25)21-10-12-23-11-3-2-7-19(23)24/h4-6,8-9,13-14H,2-3,7,10-12H2,1H3,(H,21,25). The van der Waals surface area contributed by atoms with Crippen LogP contribution < -0.4 is 10.1 Å². The fourth-order valence-electron chi connectivity index (χ4n) is 2.99. The topological polar surface area (TPSA) is 71.5 Å². The van der Waals surface area contributed by atoms with E-state index in [0.29, 0.717) is 25.1 Å². The zero-order valence-electron chi connectivity index (χ0n) is 14.9. The molecule has 0 spiro atoms. The summed E-state index contributed by atoms with van der Waals surface area (Å²) in [5, 5.41) is 2.85. The van der Waals surface area contributed by atoms with E-state index in [9.17, 15) is 9.59 Å². The molecule has 1 aromatic carbocycles. The summed E-state index contributed by atoms with van der Waals surface area (Å²) in [7, 11) is 1.62. The summed E-state index contributed by atoms with van der Waals surface area (Å²) in [6.07, 6.45) is 4.18. The van der Waals surface area contributed by atoms with E-state index in [1.807, 2.05) is 35.2 Å². The minimum atomic E-state index is -0.181. The number of likely N-dealkylation sites (tertiary alicyclic amines) is 1. The maximum Gasteiger partial charge on any atom is 0.252 e. The summed E-state index contributed by atoms with van der Waals surface area (Å²) < 4.78 is 5.22. The molecule has 1 fully saturated rings. The Morgan fingerprint density at radius 2 is 2.15 bits per heavy atom. The van der Waals surface area contributed by atoms with Gasteiger partial charge in [-0.3, -0.25) is 14.6 Å². The van der Waals surface area contributed by atoms with Crippen LogP contribution in [0, 0.1) is 0 Å². The summed E-state index contributed by atoms with van der Waals surface area (Å²) in [6.45, 7) is 1.79. The predicted molar refractivity (Wildman–Crippen MR) is 99.0 cm³/mol. The van der Waals surface area contributed by atoms with E-state index in [-0.39, 0.29) is 11.8 Å². The van der Waals surface area contributed by atoms with Crippen molar-refractivity contribution in [3.63, 3.8) is 0 Å². The van der Waals surface area contributed by atoms with Crippen LogP contribution in [0.2, 0.25) is 0 Å². The molecule has 2 aromatic rings. The van der Waals surface area contributed by atoms with Gasteiger partial charge in [0.2, 0.25) is 5.91 Å². The fourth-order valence-corrected chi connectivity index (χ4v) is 2.99. The highest BCUT2D eigenvalue weighted by Gasteiger charge is 2.17. The summed E-state index contributed by atoms with van der Waals surface area (Å²) in [5.74, 6) is 0.757. The molecule has 0 atom stereocenters. The first kappa shape index (κ1) is 17.9. The van der Waals surface area contributed by atoms with Crippen LogP contribution in [0.5, 0.6) is 5.75 Å². The molecule has 1 aromatic heterocycles. The Kier molecular flexibility index (Phi) is 5.84. The van der Waals surface area contributed by atoms with Crippen molar-refractivity contribution in [3.05, 3.63) is 48.2 Å². The Hall–Kier alpha value is -2.89. The number of hydrogen-bond donors (Lipinski definition) is 1. The number of nitrogens with zero attached hydrogens (tertiary/aromatic N) is 2. The summed E-state index contributed by atoms with van der Waals surface area (Å²) in [6, 6.07) is 11.2. The molecule has 1 aliphatic heterocycles. The van der Waals surface area contributed by atoms with Gasteiger partial charge in [-0.25, -0.2) is 0 Å². The summed E-state index contributed by atoms with van der Waals surface area (Å²) in [4.78, 5) is 30.2. The number of rotatable bonds is 6. The zero-order valence-corrected chi connectivity index (χ0v) is 14.9. The molecule has 0 saturated carbocycles. The van der Waals surface area contributed by atoms with Gasteiger partial charge in [-0.15, -0.1) is 0 Å². The van der Waals surface area contributed by atoms with Crippen molar-refractivity contribution >= 4 is 11.8 Å². The Labute approximate surface area is 153 Å². The van der Waals surface area contributed by atoms with Crippen LogP contribution in [0.1, 0.15) is 29.6 Å². The van der Waals surface area contributed by atoms with Crippen LogP contribution in [0.4, 0.5) is 0 Å². The molecule has 2 heterocycles. The minimum Gasteiger partial charge on any atom is -0.497 e. The average molecular weight is 353 g/mol. The highest BCUT2D eigenvalue weighted by molar-refractivity contribution is 5.94. The lowest BCUT2D eigenvalue weighted by Crippen LogP contribution is -2.41. The molecule has 1 aliphatic rings. The monoisotopic (exact) mass is 353 g/mol. The number of nitrogens with one attached hydrogen (secondary N) is 1. The number of ether oxygens (including phenoxy) is 1. The van der Waals surface area contributed by atoms with Crippen LogP contribution in [0.25, 0.3) is 11.3 Å². The van der Waals surface area contributed by atoms with Gasteiger partial charge in [-0.1, -0.05) is 12.1 Å². The van der Waals surface area contributed by atoms with E-state index >= 15 is 0 Å². The molecule has 6 nitrogen and oxygen atoms in total. The van der Waals surface area contributed by atoms with E-state index in [2.05, 4.69) is 10.3 Å². The average Bonchev–Trinajstić information content (AvgIpc) is 2.69. The van der Waals surface area contributed by atoms with Crippen molar-refractivity contribution in [2.75, 3.05) is 26.7 Å². The number of benzene rings is 1. The van der Waals surface area contributed by atoms with Gasteiger partial charge in [0, 0.05) is 37.8 Å². The van der Waals surface area contributed by atoms with E-state index in [1.165, 1.54) is 0 Å². The highest BCUT2D eigenvalue weighted by Crippen LogP contribution is 2.22. The predicted octanol–water partition coefficient (Wildman–Crippen LogP) is 2.50. The smallest absolute Gasteiger partial charge is 0.252 e. The van der Waals surface area contributed by atoms with Crippen molar-refractivity contribution in [3.8, 4) is 17.0 Å². The highest BCUT2D eigenvalue weighted by atomic mass is 16.5. The van der Waals surface area contributed by atoms with Gasteiger partial charge in [-0.05, 0) is 37.1 Å². The third-order valence-corrected chi connectivity index (χ3v) is 4.48. The first-order chi connectivity index (χ1) is 12.7. The number of amides is 2. The number of pyridine rings is 1. The molecule has 136 valence electrons. The molecule has 0 bridgehead atoms. The maximum absolute atomic E-state index is 12.2. The second-order valence-electron chi connectivity index (χ2n) is 6.26. The van der Waals surface area contributed by atoms with Gasteiger partial charge >= 0.3 is 0 Å². The molecule has 2 amide bonds. The second kappa shape index (κ2) is 8.47. The van der Waals surface area contributed by atoms with E-state index in [0.717, 1.165) is 36.4 Å². The van der Waals surface area contributed by atoms with Gasteiger partial charge < -0.3 is 15.0 Å². The van der Waals surface area contributed by atoms with Gasteiger partial charge in [0.15, 0.2) is 0 Å². The fraction of sp³-hybridized carbons (Fsp3) is 0.350. The van der Waals surface area contributed by atoms with Gasteiger partial charge in [-0.2, -0.15) is 0 Å². The van der Waals surface area contributed by atoms with Crippen LogP contribution >= 0.6 is 0 Å². The number of piperidine rings is 1. The van der Waals surface area contributed by atoms with Crippen molar-refractivity contribution < 1.29 is 14.3 Å². The lowest BCUT2D eigenvalue weighted by Gasteiger charge is -2.26. The summed E-state index contributed by atoms with van der Waals surface area (Å²) in [5.41, 5.74) is 2.21. The molecule has 1 saturated heterocycles. The Balaban J connectivity index is 1.55. The lowest BCUT2D eigenvalue weighted by molar-refractivity contribution is -0.133. The Morgan fingerprint density at radius 1 is 1.27 bits per heavy atom. The maximum atomic E-state index is 12.2. The second-order valence-corrected chi connectivity index (χ2v) is 6.26. The van der Waals surface area contributed by atoms with Crippen molar-refractivity contribution in [2.45, 2.75) is 19.3 Å². The van der Waals surface area contributed by atoms with Crippen LogP contribution in [0.15, 0.2) is 42.6 Å². The minimum absolute atomic E-state index is 0.176. The van der Waals surface area contributed by atoms with E-state index < -0.39 is 0 Å². The third-order valence-electron chi connectivity index (χ3n) is 4.48. The third kappa shape index (κ3) is 4.39. The normalized spacial score (nSPS) is 14.2. The quantitative estimate of drug-likeness (QED) is 0.866. The molecule has 0 radical (unpaired) electrons. The number of carbonyl (C=O) groups excluding carboxylic acids is 2. The van der Waals surface area contributed by atoms with Crippen LogP contribution in [-0.4, -0.2) is 48.4 Å². The molecular formula is C20H23N3O3. The van der Waals surface area contributed by atoms with Crippen molar-refractivity contribution in [2.24, 2.45) is 0 Å². The molecule has 0 unspecified atom stereocenters. The van der Waals surface area contributed by atoms with Crippen LogP contribution in [-0.2, 0) is 4.79 Å². The summed E-state index contributed by atoms with van der Waals surface area (Å²) >= 11 is 0. The van der Waals surface area contributed by atoms with Crippen molar-refractivity contribution in [1.29, 1.82) is 0 Å². The first-order valence-corrected chi connectivity index (χ1v) is 8.84. The largest absolute Gasteiger partial charge is 0.497 e. The van der Waals surface area contributed by atoms with E-state index in [4.69, 9.17) is 4.74 Å². The van der Waals surface area contributed by atoms with Gasteiger partial charge in [0.1, 0.15) is 5.75 Å². The number of carbonyl (C=O) groups is 2. The lowest BCUT2D eigenvalue weighted by atomic mass is 10.1. The molecule has 0 aliphatic carbocycles. The molecular weight excluding hydrogens is 330 g/mol. The Morgan fingerprint density at radius 3 is 2.88 bits per heavy atom. The first-order valence-electron chi connectivity index (χ1n) is 8.84. The van der Waals surface area contributed by atoms with Gasteiger partial charge in [0.05, 0.1) is 18.4 Å². The number of methoxy groups -OCH3 is 1. The van der Waals surface area contributed by atoms with Crippen LogP contribution in [0.3, 0.4) is 0 Å². The molecule has 1 N–H and O–H groups in total. The molecule has 6 heteroatoms. The number of aromatic nitrogens is 1. The SMILES string of the molecule is COc1cccc(-c2ccc(C(=O)NCCN3CCCCC3=O)cn2)c1. The zero-order chi connectivity index (χ0) is 18.4. The van der Waals surface area contributed by atoms with Gasteiger partial charge in [0.25, 0.3) is 5.91 Å². The van der Waals surface area contributed by atoms with Crippen molar-refractivity contribution in [1.82, 2.24) is 15.2 Å². The van der Waals surface area contributed by atoms with E-state index in [1.54, 1.807) is 19.4 Å². The Bertz CT molecular complexity index is 774. The number of hydrogen-bond acceptors (Lipinski definition) is 4. The molecule has 26 heavy (non-hydrogen) atoms. The molecule has 3 rings (SSSR count).